The molecular formula is C25H24BrN3O2. The number of allylic oxidation sites excluding steroid dienone is 2. The van der Waals surface area contributed by atoms with Crippen LogP contribution in [0.1, 0.15) is 28.9 Å². The highest BCUT2D eigenvalue weighted by molar-refractivity contribution is 9.10. The average Bonchev–Trinajstić information content (AvgIpc) is 3.47. The molecule has 1 aromatic heterocycles. The molecule has 6 atom stereocenters. The first kappa shape index (κ1) is 19.2. The Hall–Kier alpha value is -2.47. The number of nitrogens with zero attached hydrogens (tertiary/aromatic N) is 3. The second-order valence-corrected chi connectivity index (χ2v) is 10.3. The number of carbonyl (C=O) groups is 2. The summed E-state index contributed by atoms with van der Waals surface area (Å²) in [4.78, 5) is 26.2. The molecule has 1 saturated heterocycles. The fourth-order valence-electron chi connectivity index (χ4n) is 6.21. The normalized spacial score (nSPS) is 32.8. The number of amides is 2. The number of hydrogen-bond acceptors (Lipinski definition) is 3. The molecule has 2 aromatic rings. The summed E-state index contributed by atoms with van der Waals surface area (Å²) in [6.45, 7) is 6.15. The Bertz CT molecular complexity index is 1170. The molecule has 5 nitrogen and oxygen atoms in total. The quantitative estimate of drug-likeness (QED) is 0.369. The lowest BCUT2D eigenvalue weighted by molar-refractivity contribution is -0.140. The van der Waals surface area contributed by atoms with Crippen molar-refractivity contribution < 1.29 is 9.59 Å². The largest absolute Gasteiger partial charge is 0.318 e. The zero-order valence-corrected chi connectivity index (χ0v) is 19.3. The van der Waals surface area contributed by atoms with E-state index in [1.165, 1.54) is 12.0 Å². The van der Waals surface area contributed by atoms with Crippen LogP contribution < -0.4 is 0 Å². The molecule has 2 saturated carbocycles. The van der Waals surface area contributed by atoms with Crippen LogP contribution in [0.5, 0.6) is 0 Å². The van der Waals surface area contributed by atoms with Crippen LogP contribution in [-0.4, -0.2) is 27.6 Å². The third-order valence-electron chi connectivity index (χ3n) is 7.84. The Kier molecular flexibility index (Phi) is 4.04. The van der Waals surface area contributed by atoms with Crippen molar-refractivity contribution >= 4 is 34.0 Å². The number of benzene rings is 1. The van der Waals surface area contributed by atoms with Crippen LogP contribution in [0, 0.1) is 56.3 Å². The molecule has 158 valence electrons. The predicted octanol–water partition coefficient (Wildman–Crippen LogP) is 4.55. The number of aryl methyl sites for hydroxylation is 2. The Morgan fingerprint density at radius 3 is 2.26 bits per heavy atom. The van der Waals surface area contributed by atoms with E-state index in [1.807, 2.05) is 13.0 Å². The summed E-state index contributed by atoms with van der Waals surface area (Å²) in [5, 5.41) is 5.57. The standard InChI is InChI=1S/C25H24BrN3O2/c1-12-4-5-16(9-21(12)26)28-13(2)8-15(14(28)3)11-27-29-24(30)22-17-6-7-18(20-10-19(17)20)23(22)25(29)31/h4-9,11,17-20,22-23H,10H2,1-3H3/b27-11-/t17-,18-,19-,20+,22+,23+/m0/s1. The highest BCUT2D eigenvalue weighted by Crippen LogP contribution is 2.65. The zero-order chi connectivity index (χ0) is 21.6. The van der Waals surface area contributed by atoms with Crippen LogP contribution in [0.15, 0.2) is 46.0 Å². The predicted molar refractivity (Wildman–Crippen MR) is 122 cm³/mol. The van der Waals surface area contributed by atoms with Crippen molar-refractivity contribution in [1.82, 2.24) is 9.58 Å². The second kappa shape index (κ2) is 6.52. The van der Waals surface area contributed by atoms with Crippen molar-refractivity contribution in [3.05, 3.63) is 63.4 Å². The third kappa shape index (κ3) is 2.63. The molecule has 2 amide bonds. The maximum Gasteiger partial charge on any atom is 0.254 e. The molecule has 2 bridgehead atoms. The molecule has 4 aliphatic carbocycles. The van der Waals surface area contributed by atoms with Gasteiger partial charge >= 0.3 is 0 Å². The maximum absolute atomic E-state index is 13.1. The molecule has 31 heavy (non-hydrogen) atoms. The van der Waals surface area contributed by atoms with Gasteiger partial charge in [-0.15, -0.1) is 0 Å². The van der Waals surface area contributed by atoms with Crippen LogP contribution in [0.4, 0.5) is 0 Å². The van der Waals surface area contributed by atoms with Gasteiger partial charge in [0, 0.05) is 27.1 Å². The first-order valence-electron chi connectivity index (χ1n) is 10.9. The number of hydrogen-bond donors (Lipinski definition) is 0. The maximum atomic E-state index is 13.1. The van der Waals surface area contributed by atoms with E-state index >= 15 is 0 Å². The van der Waals surface area contributed by atoms with Crippen LogP contribution >= 0.6 is 15.9 Å². The Labute approximate surface area is 189 Å². The van der Waals surface area contributed by atoms with Gasteiger partial charge in [-0.3, -0.25) is 9.59 Å². The van der Waals surface area contributed by atoms with Gasteiger partial charge in [-0.1, -0.05) is 34.1 Å². The van der Waals surface area contributed by atoms with E-state index in [9.17, 15) is 9.59 Å². The smallest absolute Gasteiger partial charge is 0.254 e. The van der Waals surface area contributed by atoms with Gasteiger partial charge in [0.2, 0.25) is 0 Å². The van der Waals surface area contributed by atoms with Crippen molar-refractivity contribution in [2.24, 2.45) is 40.6 Å². The van der Waals surface area contributed by atoms with E-state index in [0.29, 0.717) is 11.8 Å². The number of halogens is 1. The molecule has 5 aliphatic rings. The van der Waals surface area contributed by atoms with Crippen molar-refractivity contribution in [1.29, 1.82) is 0 Å². The van der Waals surface area contributed by atoms with Gasteiger partial charge in [0.05, 0.1) is 18.1 Å². The van der Waals surface area contributed by atoms with Crippen molar-refractivity contribution in [3.8, 4) is 5.69 Å². The van der Waals surface area contributed by atoms with E-state index in [1.54, 1.807) is 6.21 Å². The summed E-state index contributed by atoms with van der Waals surface area (Å²) < 4.78 is 3.22. The summed E-state index contributed by atoms with van der Waals surface area (Å²) in [5.74, 6) is 0.999. The molecule has 0 radical (unpaired) electrons. The molecule has 3 fully saturated rings. The second-order valence-electron chi connectivity index (χ2n) is 9.48. The minimum absolute atomic E-state index is 0.118. The van der Waals surface area contributed by atoms with Crippen LogP contribution in [-0.2, 0) is 9.59 Å². The molecule has 1 aromatic carbocycles. The lowest BCUT2D eigenvalue weighted by Gasteiger charge is -2.37. The van der Waals surface area contributed by atoms with Gasteiger partial charge in [0.25, 0.3) is 11.8 Å². The summed E-state index contributed by atoms with van der Waals surface area (Å²) >= 11 is 3.61. The van der Waals surface area contributed by atoms with Crippen LogP contribution in [0.2, 0.25) is 0 Å². The van der Waals surface area contributed by atoms with Gasteiger partial charge in [0.15, 0.2) is 0 Å². The number of rotatable bonds is 3. The molecule has 0 unspecified atom stereocenters. The Morgan fingerprint density at radius 1 is 1.00 bits per heavy atom. The van der Waals surface area contributed by atoms with E-state index in [-0.39, 0.29) is 35.5 Å². The van der Waals surface area contributed by atoms with Crippen LogP contribution in [0.3, 0.4) is 0 Å². The summed E-state index contributed by atoms with van der Waals surface area (Å²) in [6, 6.07) is 8.32. The highest BCUT2D eigenvalue weighted by atomic mass is 79.9. The SMILES string of the molecule is Cc1ccc(-n2c(C)cc(/C=N\N3C(=O)[C@@H]4[C@H]5C=C[C@@H]([C@@H]6C[C@H]56)[C@H]4C3=O)c2C)cc1Br. The molecule has 6 heteroatoms. The van der Waals surface area contributed by atoms with Gasteiger partial charge in [-0.25, -0.2) is 0 Å². The molecule has 0 N–H and O–H groups in total. The first-order valence-corrected chi connectivity index (χ1v) is 11.7. The average molecular weight is 478 g/mol. The number of carbonyl (C=O) groups excluding carboxylic acids is 2. The first-order chi connectivity index (χ1) is 14.9. The summed E-state index contributed by atoms with van der Waals surface area (Å²) in [6.07, 6.45) is 7.21. The lowest BCUT2D eigenvalue weighted by atomic mass is 9.63. The summed E-state index contributed by atoms with van der Waals surface area (Å²) in [5.41, 5.74) is 5.25. The zero-order valence-electron chi connectivity index (χ0n) is 17.7. The fraction of sp³-hybridized carbons (Fsp3) is 0.400. The highest BCUT2D eigenvalue weighted by Gasteiger charge is 2.67. The number of imide groups is 1. The third-order valence-corrected chi connectivity index (χ3v) is 8.69. The molecule has 0 spiro atoms. The van der Waals surface area contributed by atoms with E-state index in [4.69, 9.17) is 0 Å². The number of hydrazone groups is 1. The minimum atomic E-state index is -0.208. The molecular weight excluding hydrogens is 454 g/mol. The van der Waals surface area contributed by atoms with Crippen molar-refractivity contribution in [2.75, 3.05) is 0 Å². The summed E-state index contributed by atoms with van der Waals surface area (Å²) in [7, 11) is 0. The van der Waals surface area contributed by atoms with Gasteiger partial charge < -0.3 is 4.57 Å². The minimum Gasteiger partial charge on any atom is -0.318 e. The lowest BCUT2D eigenvalue weighted by Crippen LogP contribution is -2.40. The van der Waals surface area contributed by atoms with Gasteiger partial charge in [0.1, 0.15) is 0 Å². The van der Waals surface area contributed by atoms with Crippen molar-refractivity contribution in [2.45, 2.75) is 27.2 Å². The molecule has 2 heterocycles. The monoisotopic (exact) mass is 477 g/mol. The van der Waals surface area contributed by atoms with Gasteiger partial charge in [-0.05, 0) is 74.6 Å². The Morgan fingerprint density at radius 2 is 1.65 bits per heavy atom. The van der Waals surface area contributed by atoms with Crippen LogP contribution in [0.25, 0.3) is 5.69 Å². The van der Waals surface area contributed by atoms with E-state index in [0.717, 1.165) is 32.1 Å². The molecule has 1 aliphatic heterocycles. The topological polar surface area (TPSA) is 54.7 Å². The number of aromatic nitrogens is 1. The van der Waals surface area contributed by atoms with Crippen molar-refractivity contribution in [3.63, 3.8) is 0 Å². The Balaban J connectivity index is 1.30. The molecule has 7 rings (SSSR count). The van der Waals surface area contributed by atoms with Gasteiger partial charge in [-0.2, -0.15) is 10.1 Å². The fourth-order valence-corrected chi connectivity index (χ4v) is 6.58. The van der Waals surface area contributed by atoms with E-state index in [2.05, 4.69) is 69.8 Å². The van der Waals surface area contributed by atoms with E-state index < -0.39 is 0 Å².